The predicted octanol–water partition coefficient (Wildman–Crippen LogP) is 5.69. The van der Waals surface area contributed by atoms with Crippen LogP contribution in [-0.4, -0.2) is 5.78 Å². The van der Waals surface area contributed by atoms with Gasteiger partial charge in [-0.25, -0.2) is 0 Å². The lowest BCUT2D eigenvalue weighted by atomic mass is 9.49. The summed E-state index contributed by atoms with van der Waals surface area (Å²) in [5.74, 6) is 2.94. The Kier molecular flexibility index (Phi) is 3.37. The molecule has 1 nitrogen and oxygen atoms in total. The number of hydrogen-bond acceptors (Lipinski definition) is 1. The highest BCUT2D eigenvalue weighted by Crippen LogP contribution is 2.64. The maximum atomic E-state index is 11.9. The fraction of sp³-hybridized carbons (Fsp3) is 0.857. The Balaban J connectivity index is 1.72. The summed E-state index contributed by atoms with van der Waals surface area (Å²) >= 11 is 0. The fourth-order valence-corrected chi connectivity index (χ4v) is 7.03. The molecule has 0 aromatic rings. The number of carbonyl (C=O) groups is 1. The van der Waals surface area contributed by atoms with Gasteiger partial charge in [0.25, 0.3) is 0 Å². The summed E-state index contributed by atoms with van der Waals surface area (Å²) in [5, 5.41) is 0. The fourth-order valence-electron chi connectivity index (χ4n) is 7.03. The molecule has 22 heavy (non-hydrogen) atoms. The summed E-state index contributed by atoms with van der Waals surface area (Å²) in [6.07, 6.45) is 12.4. The predicted molar refractivity (Wildman–Crippen MR) is 90.6 cm³/mol. The van der Waals surface area contributed by atoms with Crippen molar-refractivity contribution in [2.75, 3.05) is 0 Å². The van der Waals surface area contributed by atoms with Gasteiger partial charge in [-0.05, 0) is 73.5 Å². The lowest BCUT2D eigenvalue weighted by Gasteiger charge is -2.55. The molecule has 4 aliphatic carbocycles. The number of allylic oxidation sites excluding steroid dienone is 2. The highest BCUT2D eigenvalue weighted by Gasteiger charge is 2.54. The Morgan fingerprint density at radius 2 is 1.86 bits per heavy atom. The molecule has 0 aromatic carbocycles. The van der Waals surface area contributed by atoms with Gasteiger partial charge in [0.15, 0.2) is 0 Å². The minimum atomic E-state index is 0.431. The highest BCUT2D eigenvalue weighted by molar-refractivity contribution is 5.79. The van der Waals surface area contributed by atoms with Crippen LogP contribution in [0.1, 0.15) is 85.0 Å². The molecule has 0 spiro atoms. The molecule has 0 aromatic heterocycles. The van der Waals surface area contributed by atoms with E-state index >= 15 is 0 Å². The third-order valence-corrected chi connectivity index (χ3v) is 8.49. The Hall–Kier alpha value is -0.590. The second-order valence-corrected chi connectivity index (χ2v) is 9.14. The van der Waals surface area contributed by atoms with Gasteiger partial charge in [0.05, 0.1) is 0 Å². The van der Waals surface area contributed by atoms with E-state index in [-0.39, 0.29) is 0 Å². The van der Waals surface area contributed by atoms with E-state index < -0.39 is 0 Å². The molecule has 5 atom stereocenters. The van der Waals surface area contributed by atoms with Gasteiger partial charge in [-0.2, -0.15) is 0 Å². The van der Waals surface area contributed by atoms with Gasteiger partial charge in [-0.3, -0.25) is 4.79 Å². The van der Waals surface area contributed by atoms with Crippen LogP contribution in [0.2, 0.25) is 0 Å². The summed E-state index contributed by atoms with van der Waals surface area (Å²) in [5.41, 5.74) is 4.71. The standard InChI is InChI=1S/C21H32O/c1-4-14-6-8-18-17-7-5-15-13-16(22)9-11-21(15,3)19(17)10-12-20(14,18)2/h14-15,19H,4-13H2,1-3H3/t14-,15?,19-,20+,21-/m0/s1. The van der Waals surface area contributed by atoms with E-state index in [1.165, 1.54) is 44.9 Å². The molecule has 0 bridgehead atoms. The first-order chi connectivity index (χ1) is 10.5. The largest absolute Gasteiger partial charge is 0.300 e. The minimum absolute atomic E-state index is 0.431. The highest BCUT2D eigenvalue weighted by atomic mass is 16.1. The molecular formula is C21H32O. The molecule has 0 radical (unpaired) electrons. The van der Waals surface area contributed by atoms with Crippen molar-refractivity contribution >= 4 is 5.78 Å². The van der Waals surface area contributed by atoms with Crippen molar-refractivity contribution in [1.29, 1.82) is 0 Å². The van der Waals surface area contributed by atoms with E-state index in [0.717, 1.165) is 31.1 Å². The molecule has 4 rings (SSSR count). The maximum Gasteiger partial charge on any atom is 0.133 e. The second-order valence-electron chi connectivity index (χ2n) is 9.14. The zero-order valence-electron chi connectivity index (χ0n) is 14.7. The lowest BCUT2D eigenvalue weighted by molar-refractivity contribution is -0.127. The van der Waals surface area contributed by atoms with Crippen LogP contribution in [0.25, 0.3) is 0 Å². The number of fused-ring (bicyclic) bond motifs is 4. The monoisotopic (exact) mass is 300 g/mol. The van der Waals surface area contributed by atoms with E-state index in [0.29, 0.717) is 22.5 Å². The first-order valence-electron chi connectivity index (χ1n) is 9.73. The molecule has 0 saturated heterocycles. The van der Waals surface area contributed by atoms with Gasteiger partial charge >= 0.3 is 0 Å². The van der Waals surface area contributed by atoms with Gasteiger partial charge < -0.3 is 0 Å². The van der Waals surface area contributed by atoms with Gasteiger partial charge in [0.1, 0.15) is 5.78 Å². The zero-order valence-corrected chi connectivity index (χ0v) is 14.7. The molecule has 0 aliphatic heterocycles. The number of hydrogen-bond donors (Lipinski definition) is 0. The molecule has 3 fully saturated rings. The lowest BCUT2D eigenvalue weighted by Crippen LogP contribution is -2.47. The van der Waals surface area contributed by atoms with Crippen molar-refractivity contribution in [1.82, 2.24) is 0 Å². The van der Waals surface area contributed by atoms with Crippen LogP contribution in [0, 0.1) is 28.6 Å². The third-order valence-electron chi connectivity index (χ3n) is 8.49. The summed E-state index contributed by atoms with van der Waals surface area (Å²) in [7, 11) is 0. The minimum Gasteiger partial charge on any atom is -0.300 e. The molecule has 1 heteroatoms. The molecule has 0 heterocycles. The van der Waals surface area contributed by atoms with Crippen LogP contribution in [0.15, 0.2) is 11.1 Å². The summed E-state index contributed by atoms with van der Waals surface area (Å²) in [6, 6.07) is 0. The Bertz CT molecular complexity index is 530. The molecule has 0 amide bonds. The first kappa shape index (κ1) is 15.0. The van der Waals surface area contributed by atoms with Crippen molar-refractivity contribution in [3.05, 3.63) is 11.1 Å². The Labute approximate surface area is 135 Å². The molecular weight excluding hydrogens is 268 g/mol. The third kappa shape index (κ3) is 1.86. The number of ketones is 1. The zero-order chi connectivity index (χ0) is 15.5. The molecule has 122 valence electrons. The van der Waals surface area contributed by atoms with Crippen LogP contribution in [0.5, 0.6) is 0 Å². The second kappa shape index (κ2) is 4.95. The SMILES string of the molecule is CC[C@H]1CCC2=C3CCC4CC(=O)CC[C@]4(C)[C@H]3CC[C@@]21C. The molecule has 0 N–H and O–H groups in total. The molecule has 1 unspecified atom stereocenters. The smallest absolute Gasteiger partial charge is 0.133 e. The van der Waals surface area contributed by atoms with Gasteiger partial charge in [-0.1, -0.05) is 38.3 Å². The number of carbonyl (C=O) groups excluding carboxylic acids is 1. The van der Waals surface area contributed by atoms with E-state index in [2.05, 4.69) is 20.8 Å². The van der Waals surface area contributed by atoms with Crippen molar-refractivity contribution in [2.45, 2.75) is 85.0 Å². The van der Waals surface area contributed by atoms with Crippen LogP contribution in [-0.2, 0) is 4.79 Å². The summed E-state index contributed by atoms with van der Waals surface area (Å²) < 4.78 is 0. The van der Waals surface area contributed by atoms with E-state index in [4.69, 9.17) is 0 Å². The van der Waals surface area contributed by atoms with Crippen molar-refractivity contribution in [2.24, 2.45) is 28.6 Å². The summed E-state index contributed by atoms with van der Waals surface area (Å²) in [6.45, 7) is 7.50. The summed E-state index contributed by atoms with van der Waals surface area (Å²) in [4.78, 5) is 11.9. The normalized spacial score (nSPS) is 48.0. The van der Waals surface area contributed by atoms with Gasteiger partial charge in [0, 0.05) is 12.8 Å². The van der Waals surface area contributed by atoms with Crippen LogP contribution in [0.3, 0.4) is 0 Å². The number of rotatable bonds is 1. The van der Waals surface area contributed by atoms with Gasteiger partial charge in [-0.15, -0.1) is 0 Å². The first-order valence-corrected chi connectivity index (χ1v) is 9.73. The van der Waals surface area contributed by atoms with E-state index in [1.54, 1.807) is 0 Å². The van der Waals surface area contributed by atoms with Crippen LogP contribution < -0.4 is 0 Å². The van der Waals surface area contributed by atoms with Crippen LogP contribution in [0.4, 0.5) is 0 Å². The maximum absolute atomic E-state index is 11.9. The van der Waals surface area contributed by atoms with Crippen molar-refractivity contribution < 1.29 is 4.79 Å². The quantitative estimate of drug-likeness (QED) is 0.569. The van der Waals surface area contributed by atoms with Crippen LogP contribution >= 0.6 is 0 Å². The molecule has 3 saturated carbocycles. The number of Topliss-reactive ketones (excluding diaryl/α,β-unsaturated/α-hetero) is 1. The average molecular weight is 300 g/mol. The Morgan fingerprint density at radius 1 is 1.05 bits per heavy atom. The van der Waals surface area contributed by atoms with Crippen molar-refractivity contribution in [3.63, 3.8) is 0 Å². The van der Waals surface area contributed by atoms with Crippen molar-refractivity contribution in [3.8, 4) is 0 Å². The topological polar surface area (TPSA) is 17.1 Å². The van der Waals surface area contributed by atoms with E-state index in [9.17, 15) is 4.79 Å². The average Bonchev–Trinajstić information content (AvgIpc) is 2.84. The Morgan fingerprint density at radius 3 is 2.64 bits per heavy atom. The molecule has 4 aliphatic rings. The van der Waals surface area contributed by atoms with Gasteiger partial charge in [0.2, 0.25) is 0 Å². The van der Waals surface area contributed by atoms with E-state index in [1.807, 2.05) is 11.1 Å².